The number of carbonyl (C=O) groups is 1. The van der Waals surface area contributed by atoms with E-state index in [9.17, 15) is 4.79 Å². The van der Waals surface area contributed by atoms with E-state index in [2.05, 4.69) is 24.0 Å². The van der Waals surface area contributed by atoms with Crippen LogP contribution in [0.25, 0.3) is 4.85 Å². The molecule has 0 aliphatic carbocycles. The van der Waals surface area contributed by atoms with Crippen LogP contribution in [-0.4, -0.2) is 36.1 Å². The van der Waals surface area contributed by atoms with Gasteiger partial charge in [0.25, 0.3) is 0 Å². The number of hydrogen-bond donors (Lipinski definition) is 1. The molecule has 4 nitrogen and oxygen atoms in total. The summed E-state index contributed by atoms with van der Waals surface area (Å²) in [7, 11) is 0. The van der Waals surface area contributed by atoms with Crippen LogP contribution in [0, 0.1) is 6.57 Å². The highest BCUT2D eigenvalue weighted by atomic mass is 16.2. The highest BCUT2D eigenvalue weighted by Crippen LogP contribution is 2.17. The second-order valence-electron chi connectivity index (χ2n) is 4.23. The third-order valence-electron chi connectivity index (χ3n) is 3.22. The van der Waals surface area contributed by atoms with Crippen molar-refractivity contribution < 1.29 is 4.79 Å². The first kappa shape index (κ1) is 13.0. The van der Waals surface area contributed by atoms with Gasteiger partial charge in [0.15, 0.2) is 0 Å². The predicted molar refractivity (Wildman–Crippen MR) is 63.7 cm³/mol. The standard InChI is InChI=1S/C12H21N3O/c1-4-10(5-2)14-9-12(16)15-8-6-7-11(15)13-3/h10-11,14H,4-9H2,1-2H3/t11-/m0/s1. The van der Waals surface area contributed by atoms with Crippen LogP contribution in [-0.2, 0) is 4.79 Å². The fourth-order valence-corrected chi connectivity index (χ4v) is 2.08. The highest BCUT2D eigenvalue weighted by Gasteiger charge is 2.32. The van der Waals surface area contributed by atoms with Gasteiger partial charge in [-0.1, -0.05) is 13.8 Å². The Balaban J connectivity index is 2.37. The van der Waals surface area contributed by atoms with Gasteiger partial charge in [-0.3, -0.25) is 14.5 Å². The van der Waals surface area contributed by atoms with Gasteiger partial charge in [-0.25, -0.2) is 6.57 Å². The molecule has 16 heavy (non-hydrogen) atoms. The number of likely N-dealkylation sites (tertiary alicyclic amines) is 1. The van der Waals surface area contributed by atoms with Gasteiger partial charge in [0.05, 0.1) is 6.54 Å². The van der Waals surface area contributed by atoms with Crippen molar-refractivity contribution in [1.82, 2.24) is 10.2 Å². The number of nitrogens with zero attached hydrogens (tertiary/aromatic N) is 2. The monoisotopic (exact) mass is 223 g/mol. The molecule has 0 saturated carbocycles. The van der Waals surface area contributed by atoms with Gasteiger partial charge in [-0.05, 0) is 19.3 Å². The fourth-order valence-electron chi connectivity index (χ4n) is 2.08. The minimum atomic E-state index is -0.212. The second kappa shape index (κ2) is 6.49. The number of nitrogens with one attached hydrogen (secondary N) is 1. The van der Waals surface area contributed by atoms with Gasteiger partial charge in [-0.15, -0.1) is 0 Å². The summed E-state index contributed by atoms with van der Waals surface area (Å²) in [5.74, 6) is 0.0744. The molecule has 0 aromatic carbocycles. The molecule has 1 fully saturated rings. The molecule has 4 heteroatoms. The van der Waals surface area contributed by atoms with E-state index in [1.807, 2.05) is 0 Å². The van der Waals surface area contributed by atoms with Crippen molar-refractivity contribution in [3.05, 3.63) is 11.4 Å². The zero-order valence-corrected chi connectivity index (χ0v) is 10.2. The number of rotatable bonds is 5. The van der Waals surface area contributed by atoms with Crippen LogP contribution in [0.15, 0.2) is 0 Å². The Morgan fingerprint density at radius 2 is 2.25 bits per heavy atom. The Morgan fingerprint density at radius 1 is 1.56 bits per heavy atom. The summed E-state index contributed by atoms with van der Waals surface area (Å²) in [6.45, 7) is 12.4. The van der Waals surface area contributed by atoms with Crippen molar-refractivity contribution in [1.29, 1.82) is 0 Å². The van der Waals surface area contributed by atoms with Crippen molar-refractivity contribution in [3.8, 4) is 0 Å². The third kappa shape index (κ3) is 3.21. The van der Waals surface area contributed by atoms with Crippen LogP contribution in [0.3, 0.4) is 0 Å². The maximum Gasteiger partial charge on any atom is 0.300 e. The van der Waals surface area contributed by atoms with Crippen LogP contribution in [0.5, 0.6) is 0 Å². The summed E-state index contributed by atoms with van der Waals surface area (Å²) in [4.78, 5) is 17.1. The molecule has 90 valence electrons. The summed E-state index contributed by atoms with van der Waals surface area (Å²) in [5.41, 5.74) is 0. The van der Waals surface area contributed by atoms with E-state index >= 15 is 0 Å². The van der Waals surface area contributed by atoms with Crippen molar-refractivity contribution >= 4 is 5.91 Å². The zero-order valence-electron chi connectivity index (χ0n) is 10.2. The Labute approximate surface area is 97.8 Å². The molecule has 1 rings (SSSR count). The van der Waals surface area contributed by atoms with Gasteiger partial charge < -0.3 is 5.32 Å². The second-order valence-corrected chi connectivity index (χ2v) is 4.23. The molecule has 0 spiro atoms. The zero-order chi connectivity index (χ0) is 12.0. The smallest absolute Gasteiger partial charge is 0.300 e. The molecule has 0 unspecified atom stereocenters. The largest absolute Gasteiger partial charge is 0.306 e. The molecule has 1 aliphatic heterocycles. The lowest BCUT2D eigenvalue weighted by Crippen LogP contribution is -2.42. The molecular formula is C12H21N3O. The lowest BCUT2D eigenvalue weighted by Gasteiger charge is -2.19. The van der Waals surface area contributed by atoms with Crippen molar-refractivity contribution in [3.63, 3.8) is 0 Å². The number of carbonyl (C=O) groups excluding carboxylic acids is 1. The van der Waals surface area contributed by atoms with Crippen LogP contribution in [0.2, 0.25) is 0 Å². The fraction of sp³-hybridized carbons (Fsp3) is 0.833. The molecule has 1 saturated heterocycles. The topological polar surface area (TPSA) is 36.7 Å². The minimum absolute atomic E-state index is 0.0744. The van der Waals surface area contributed by atoms with Crippen molar-refractivity contribution in [2.75, 3.05) is 13.1 Å². The summed E-state index contributed by atoms with van der Waals surface area (Å²) in [6, 6.07) is 0.415. The molecule has 1 aliphatic rings. The van der Waals surface area contributed by atoms with Gasteiger partial charge in [0, 0.05) is 19.0 Å². The average molecular weight is 223 g/mol. The maximum absolute atomic E-state index is 11.9. The first-order chi connectivity index (χ1) is 7.72. The van der Waals surface area contributed by atoms with E-state index in [1.54, 1.807) is 4.90 Å². The van der Waals surface area contributed by atoms with Crippen molar-refractivity contribution in [2.24, 2.45) is 0 Å². The Morgan fingerprint density at radius 3 is 2.81 bits per heavy atom. The van der Waals surface area contributed by atoms with Crippen LogP contribution in [0.1, 0.15) is 39.5 Å². The van der Waals surface area contributed by atoms with Crippen LogP contribution in [0.4, 0.5) is 0 Å². The molecule has 0 bridgehead atoms. The van der Waals surface area contributed by atoms with Gasteiger partial charge in [0.1, 0.15) is 0 Å². The Hall–Kier alpha value is -1.08. The molecule has 1 amide bonds. The van der Waals surface area contributed by atoms with Crippen molar-refractivity contribution in [2.45, 2.75) is 51.7 Å². The summed E-state index contributed by atoms with van der Waals surface area (Å²) in [5, 5.41) is 3.25. The van der Waals surface area contributed by atoms with E-state index in [0.29, 0.717) is 12.6 Å². The van der Waals surface area contributed by atoms with Gasteiger partial charge in [-0.2, -0.15) is 0 Å². The number of amides is 1. The normalized spacial score (nSPS) is 20.1. The lowest BCUT2D eigenvalue weighted by atomic mass is 10.2. The van der Waals surface area contributed by atoms with Gasteiger partial charge >= 0.3 is 6.17 Å². The van der Waals surface area contributed by atoms with E-state index in [-0.39, 0.29) is 12.1 Å². The quantitative estimate of drug-likeness (QED) is 0.719. The SMILES string of the molecule is [C-]#[N+][C@@H]1CCCN1C(=O)CNC(CC)CC. The first-order valence-corrected chi connectivity index (χ1v) is 6.12. The maximum atomic E-state index is 11.9. The van der Waals surface area contributed by atoms with E-state index in [4.69, 9.17) is 6.57 Å². The van der Waals surface area contributed by atoms with Crippen LogP contribution < -0.4 is 5.32 Å². The van der Waals surface area contributed by atoms with E-state index in [1.165, 1.54) is 0 Å². The lowest BCUT2D eigenvalue weighted by molar-refractivity contribution is -0.130. The van der Waals surface area contributed by atoms with E-state index in [0.717, 1.165) is 32.2 Å². The molecule has 1 heterocycles. The minimum Gasteiger partial charge on any atom is -0.306 e. The summed E-state index contributed by atoms with van der Waals surface area (Å²) < 4.78 is 0. The molecule has 0 aromatic heterocycles. The summed E-state index contributed by atoms with van der Waals surface area (Å²) in [6.07, 6.45) is 3.66. The Kier molecular flexibility index (Phi) is 5.27. The molecule has 1 atom stereocenters. The van der Waals surface area contributed by atoms with Crippen LogP contribution >= 0.6 is 0 Å². The van der Waals surface area contributed by atoms with Gasteiger partial charge in [0.2, 0.25) is 5.91 Å². The third-order valence-corrected chi connectivity index (χ3v) is 3.22. The number of hydrogen-bond acceptors (Lipinski definition) is 2. The van der Waals surface area contributed by atoms with E-state index < -0.39 is 0 Å². The predicted octanol–water partition coefficient (Wildman–Crippen LogP) is 1.63. The summed E-state index contributed by atoms with van der Waals surface area (Å²) >= 11 is 0. The average Bonchev–Trinajstić information content (AvgIpc) is 2.78. The molecule has 0 radical (unpaired) electrons. The Bertz CT molecular complexity index is 268. The highest BCUT2D eigenvalue weighted by molar-refractivity contribution is 5.79. The first-order valence-electron chi connectivity index (χ1n) is 6.12. The molecule has 0 aromatic rings. The molecular weight excluding hydrogens is 202 g/mol. The molecule has 1 N–H and O–H groups in total.